The van der Waals surface area contributed by atoms with Crippen LogP contribution in [0.15, 0.2) is 46.1 Å². The van der Waals surface area contributed by atoms with Crippen molar-refractivity contribution in [2.45, 2.75) is 38.6 Å². The number of nitrogens with one attached hydrogen (secondary N) is 2. The minimum absolute atomic E-state index is 0. The number of halogens is 1. The number of nitrogens with zero attached hydrogens (tertiary/aromatic N) is 1. The Labute approximate surface area is 183 Å². The number of hydrogen-bond acceptors (Lipinski definition) is 3. The van der Waals surface area contributed by atoms with Crippen LogP contribution in [0.3, 0.4) is 0 Å². The van der Waals surface area contributed by atoms with E-state index in [4.69, 9.17) is 9.73 Å². The molecule has 0 radical (unpaired) electrons. The van der Waals surface area contributed by atoms with Crippen LogP contribution in [0.2, 0.25) is 0 Å². The first-order chi connectivity index (χ1) is 12.7. The molecule has 1 aromatic heterocycles. The predicted octanol–water partition coefficient (Wildman–Crippen LogP) is 4.48. The second-order valence-electron chi connectivity index (χ2n) is 6.89. The van der Waals surface area contributed by atoms with Crippen molar-refractivity contribution in [1.82, 2.24) is 10.6 Å². The van der Waals surface area contributed by atoms with E-state index in [-0.39, 0.29) is 29.4 Å². The first-order valence-corrected chi connectivity index (χ1v) is 10.3. The average molecular weight is 499 g/mol. The van der Waals surface area contributed by atoms with Crippen molar-refractivity contribution in [2.75, 3.05) is 26.3 Å². The van der Waals surface area contributed by atoms with Crippen LogP contribution < -0.4 is 10.6 Å². The normalized spacial score (nSPS) is 16.4. The molecule has 1 fully saturated rings. The lowest BCUT2D eigenvalue weighted by Crippen LogP contribution is -2.48. The van der Waals surface area contributed by atoms with Crippen molar-refractivity contribution in [1.29, 1.82) is 0 Å². The molecule has 27 heavy (non-hydrogen) atoms. The van der Waals surface area contributed by atoms with Gasteiger partial charge < -0.3 is 15.4 Å². The smallest absolute Gasteiger partial charge is 0.191 e. The van der Waals surface area contributed by atoms with Crippen LogP contribution >= 0.6 is 35.3 Å². The minimum Gasteiger partial charge on any atom is -0.381 e. The Morgan fingerprint density at radius 3 is 2.63 bits per heavy atom. The van der Waals surface area contributed by atoms with Gasteiger partial charge in [0.1, 0.15) is 0 Å². The largest absolute Gasteiger partial charge is 0.381 e. The van der Waals surface area contributed by atoms with Crippen LogP contribution in [0, 0.1) is 6.92 Å². The number of aliphatic imine (C=N–C) groups is 1. The van der Waals surface area contributed by atoms with Gasteiger partial charge in [-0.15, -0.1) is 24.0 Å². The Balaban J connectivity index is 0.00000261. The molecule has 0 amide bonds. The third kappa shape index (κ3) is 5.93. The zero-order valence-corrected chi connectivity index (χ0v) is 19.3. The molecule has 1 aliphatic heterocycles. The van der Waals surface area contributed by atoms with Crippen molar-refractivity contribution in [3.63, 3.8) is 0 Å². The first kappa shape index (κ1) is 22.2. The molecule has 0 spiro atoms. The summed E-state index contributed by atoms with van der Waals surface area (Å²) < 4.78 is 5.66. The van der Waals surface area contributed by atoms with Crippen LogP contribution in [0.5, 0.6) is 0 Å². The Morgan fingerprint density at radius 2 is 1.96 bits per heavy atom. The van der Waals surface area contributed by atoms with Gasteiger partial charge >= 0.3 is 0 Å². The fourth-order valence-corrected chi connectivity index (χ4v) is 4.28. The zero-order valence-electron chi connectivity index (χ0n) is 16.2. The molecule has 1 aliphatic rings. The van der Waals surface area contributed by atoms with E-state index in [0.717, 1.165) is 45.1 Å². The van der Waals surface area contributed by atoms with Gasteiger partial charge in [0, 0.05) is 31.7 Å². The van der Waals surface area contributed by atoms with E-state index in [0.29, 0.717) is 6.54 Å². The highest BCUT2D eigenvalue weighted by Crippen LogP contribution is 2.36. The van der Waals surface area contributed by atoms with E-state index in [1.807, 2.05) is 0 Å². The lowest BCUT2D eigenvalue weighted by atomic mass is 9.72. The van der Waals surface area contributed by atoms with Crippen LogP contribution in [0.1, 0.15) is 36.5 Å². The highest BCUT2D eigenvalue weighted by Gasteiger charge is 2.35. The molecule has 2 aromatic rings. The molecule has 0 saturated carbocycles. The van der Waals surface area contributed by atoms with Gasteiger partial charge in [0.2, 0.25) is 0 Å². The number of ether oxygens (including phenoxy) is 1. The maximum absolute atomic E-state index is 5.66. The Hall–Kier alpha value is -1.12. The SMILES string of the molecule is CCNC(=NCc1ccsc1)NCC1(c2ccccc2C)CCOCC1.I. The molecule has 4 nitrogen and oxygen atoms in total. The highest BCUT2D eigenvalue weighted by atomic mass is 127. The van der Waals surface area contributed by atoms with Crippen molar-refractivity contribution >= 4 is 41.3 Å². The number of guanidine groups is 1. The summed E-state index contributed by atoms with van der Waals surface area (Å²) in [6, 6.07) is 10.9. The Bertz CT molecular complexity index is 712. The van der Waals surface area contributed by atoms with Gasteiger partial charge in [-0.2, -0.15) is 11.3 Å². The third-order valence-corrected chi connectivity index (χ3v) is 5.84. The number of hydrogen-bond donors (Lipinski definition) is 2. The molecule has 1 saturated heterocycles. The summed E-state index contributed by atoms with van der Waals surface area (Å²) in [5, 5.41) is 11.2. The van der Waals surface area contributed by atoms with Crippen molar-refractivity contribution in [3.8, 4) is 0 Å². The number of aryl methyl sites for hydroxylation is 1. The molecule has 0 aliphatic carbocycles. The maximum atomic E-state index is 5.66. The Kier molecular flexibility index (Phi) is 9.05. The summed E-state index contributed by atoms with van der Waals surface area (Å²) in [6.45, 7) is 8.39. The van der Waals surface area contributed by atoms with Crippen molar-refractivity contribution in [2.24, 2.45) is 4.99 Å². The molecular weight excluding hydrogens is 469 g/mol. The summed E-state index contributed by atoms with van der Waals surface area (Å²) in [4.78, 5) is 4.76. The van der Waals surface area contributed by atoms with E-state index >= 15 is 0 Å². The van der Waals surface area contributed by atoms with Crippen LogP contribution in [-0.4, -0.2) is 32.3 Å². The monoisotopic (exact) mass is 499 g/mol. The van der Waals surface area contributed by atoms with Gasteiger partial charge in [0.25, 0.3) is 0 Å². The van der Waals surface area contributed by atoms with Gasteiger partial charge in [-0.05, 0) is 60.2 Å². The average Bonchev–Trinajstić information content (AvgIpc) is 3.19. The van der Waals surface area contributed by atoms with Crippen LogP contribution in [-0.2, 0) is 16.7 Å². The second kappa shape index (κ2) is 11.0. The zero-order chi connectivity index (χ0) is 18.2. The maximum Gasteiger partial charge on any atom is 0.191 e. The summed E-state index contributed by atoms with van der Waals surface area (Å²) in [5.41, 5.74) is 4.15. The fourth-order valence-electron chi connectivity index (χ4n) is 3.62. The molecule has 2 N–H and O–H groups in total. The number of thiophene rings is 1. The van der Waals surface area contributed by atoms with E-state index in [9.17, 15) is 0 Å². The molecule has 0 atom stereocenters. The lowest BCUT2D eigenvalue weighted by Gasteiger charge is -2.39. The Morgan fingerprint density at radius 1 is 1.19 bits per heavy atom. The quantitative estimate of drug-likeness (QED) is 0.350. The minimum atomic E-state index is 0. The van der Waals surface area contributed by atoms with Gasteiger partial charge in [0.15, 0.2) is 5.96 Å². The standard InChI is InChI=1S/C21H29N3OS.HI/c1-3-22-20(23-14-18-8-13-26-15-18)24-16-21(9-11-25-12-10-21)19-7-5-4-6-17(19)2;/h4-8,13,15H,3,9-12,14,16H2,1-2H3,(H2,22,23,24);1H. The predicted molar refractivity (Wildman–Crippen MR) is 125 cm³/mol. The van der Waals surface area contributed by atoms with E-state index in [1.165, 1.54) is 16.7 Å². The molecule has 1 aromatic carbocycles. The van der Waals surface area contributed by atoms with Gasteiger partial charge in [-0.1, -0.05) is 24.3 Å². The van der Waals surface area contributed by atoms with Crippen molar-refractivity contribution < 1.29 is 4.74 Å². The molecule has 6 heteroatoms. The molecule has 0 unspecified atom stereocenters. The van der Waals surface area contributed by atoms with Crippen LogP contribution in [0.4, 0.5) is 0 Å². The number of rotatable bonds is 6. The topological polar surface area (TPSA) is 45.7 Å². The highest BCUT2D eigenvalue weighted by molar-refractivity contribution is 14.0. The molecule has 3 rings (SSSR count). The van der Waals surface area contributed by atoms with E-state index in [2.05, 4.69) is 65.6 Å². The van der Waals surface area contributed by atoms with Gasteiger partial charge in [-0.3, -0.25) is 0 Å². The summed E-state index contributed by atoms with van der Waals surface area (Å²) in [6.07, 6.45) is 2.07. The fraction of sp³-hybridized carbons (Fsp3) is 0.476. The lowest BCUT2D eigenvalue weighted by molar-refractivity contribution is 0.0512. The van der Waals surface area contributed by atoms with E-state index in [1.54, 1.807) is 11.3 Å². The van der Waals surface area contributed by atoms with Gasteiger partial charge in [-0.25, -0.2) is 4.99 Å². The summed E-state index contributed by atoms with van der Waals surface area (Å²) in [7, 11) is 0. The van der Waals surface area contributed by atoms with Gasteiger partial charge in [0.05, 0.1) is 6.54 Å². The summed E-state index contributed by atoms with van der Waals surface area (Å²) in [5.74, 6) is 0.887. The first-order valence-electron chi connectivity index (χ1n) is 9.41. The molecule has 148 valence electrons. The third-order valence-electron chi connectivity index (χ3n) is 5.10. The molecule has 2 heterocycles. The second-order valence-corrected chi connectivity index (χ2v) is 7.67. The van der Waals surface area contributed by atoms with E-state index < -0.39 is 0 Å². The number of benzene rings is 1. The molecular formula is C21H30IN3OS. The molecule has 0 bridgehead atoms. The van der Waals surface area contributed by atoms with Crippen LogP contribution in [0.25, 0.3) is 0 Å². The summed E-state index contributed by atoms with van der Waals surface area (Å²) >= 11 is 1.71. The van der Waals surface area contributed by atoms with Crippen molar-refractivity contribution in [3.05, 3.63) is 57.8 Å².